The summed E-state index contributed by atoms with van der Waals surface area (Å²) in [6.07, 6.45) is 1.07. The third kappa shape index (κ3) is 3.86. The highest BCUT2D eigenvalue weighted by atomic mass is 32.2. The predicted octanol–water partition coefficient (Wildman–Crippen LogP) is 0.182. The second kappa shape index (κ2) is 3.80. The Bertz CT molecular complexity index is 431. The van der Waals surface area contributed by atoms with E-state index in [2.05, 4.69) is 4.72 Å². The van der Waals surface area contributed by atoms with Gasteiger partial charge in [0.1, 0.15) is 5.72 Å². The van der Waals surface area contributed by atoms with Crippen molar-refractivity contribution >= 4 is 15.7 Å². The van der Waals surface area contributed by atoms with E-state index in [-0.39, 0.29) is 0 Å². The molecule has 1 unspecified atom stereocenters. The fraction of sp³-hybridized carbons (Fsp3) is 0.333. The van der Waals surface area contributed by atoms with Crippen molar-refractivity contribution in [2.45, 2.75) is 12.6 Å². The van der Waals surface area contributed by atoms with Crippen LogP contribution in [0.5, 0.6) is 0 Å². The summed E-state index contributed by atoms with van der Waals surface area (Å²) in [6.45, 7) is 1.45. The fourth-order valence-corrected chi connectivity index (χ4v) is 1.65. The molecule has 0 aliphatic carbocycles. The minimum Gasteiger partial charge on any atom is -0.372 e. The summed E-state index contributed by atoms with van der Waals surface area (Å²) in [7, 11) is -3.27. The third-order valence-electron chi connectivity index (χ3n) is 1.77. The first-order chi connectivity index (χ1) is 6.68. The van der Waals surface area contributed by atoms with Crippen LogP contribution in [-0.4, -0.2) is 19.8 Å². The van der Waals surface area contributed by atoms with Crippen molar-refractivity contribution in [1.82, 2.24) is 0 Å². The van der Waals surface area contributed by atoms with E-state index in [9.17, 15) is 13.5 Å². The molecule has 0 saturated carbocycles. The minimum absolute atomic E-state index is 0.436. The van der Waals surface area contributed by atoms with Gasteiger partial charge >= 0.3 is 0 Å². The van der Waals surface area contributed by atoms with E-state index in [0.717, 1.165) is 6.26 Å². The summed E-state index contributed by atoms with van der Waals surface area (Å²) < 4.78 is 24.1. The Hall–Kier alpha value is -1.11. The number of anilines is 1. The maximum atomic E-state index is 10.9. The van der Waals surface area contributed by atoms with Crippen molar-refractivity contribution < 1.29 is 13.5 Å². The van der Waals surface area contributed by atoms with Crippen LogP contribution in [0, 0.1) is 0 Å². The maximum absolute atomic E-state index is 10.9. The van der Waals surface area contributed by atoms with Gasteiger partial charge in [0.2, 0.25) is 10.0 Å². The Labute approximate surface area is 89.0 Å². The van der Waals surface area contributed by atoms with Gasteiger partial charge in [-0.05, 0) is 24.6 Å². The number of aliphatic hydroxyl groups is 1. The van der Waals surface area contributed by atoms with Gasteiger partial charge in [-0.1, -0.05) is 12.1 Å². The lowest BCUT2D eigenvalue weighted by Gasteiger charge is -2.17. The average molecular weight is 230 g/mol. The summed E-state index contributed by atoms with van der Waals surface area (Å²) in [5.41, 5.74) is 4.99. The molecule has 6 heteroatoms. The standard InChI is InChI=1S/C9H14N2O3S/c1-9(10,12)7-3-5-8(6-4-7)11-15(2,13)14/h3-6,11-12H,10H2,1-2H3. The number of sulfonamides is 1. The molecule has 0 radical (unpaired) electrons. The molecular weight excluding hydrogens is 216 g/mol. The second-order valence-electron chi connectivity index (χ2n) is 3.60. The Morgan fingerprint density at radius 3 is 2.13 bits per heavy atom. The Kier molecular flexibility index (Phi) is 3.03. The molecule has 1 aromatic rings. The Morgan fingerprint density at radius 2 is 1.80 bits per heavy atom. The third-order valence-corrected chi connectivity index (χ3v) is 2.38. The molecule has 0 aliphatic rings. The van der Waals surface area contributed by atoms with E-state index in [4.69, 9.17) is 5.73 Å². The number of rotatable bonds is 3. The molecule has 0 saturated heterocycles. The Balaban J connectivity index is 2.91. The predicted molar refractivity (Wildman–Crippen MR) is 58.7 cm³/mol. The highest BCUT2D eigenvalue weighted by Crippen LogP contribution is 2.17. The van der Waals surface area contributed by atoms with Crippen molar-refractivity contribution in [1.29, 1.82) is 0 Å². The van der Waals surface area contributed by atoms with Gasteiger partial charge in [0, 0.05) is 5.69 Å². The van der Waals surface area contributed by atoms with E-state index in [1.165, 1.54) is 19.1 Å². The molecule has 0 amide bonds. The van der Waals surface area contributed by atoms with Crippen molar-refractivity contribution in [2.24, 2.45) is 5.73 Å². The van der Waals surface area contributed by atoms with E-state index in [1.807, 2.05) is 0 Å². The molecule has 15 heavy (non-hydrogen) atoms. The first-order valence-electron chi connectivity index (χ1n) is 4.28. The fourth-order valence-electron chi connectivity index (χ4n) is 1.09. The highest BCUT2D eigenvalue weighted by molar-refractivity contribution is 7.92. The molecule has 0 fully saturated rings. The van der Waals surface area contributed by atoms with Gasteiger partial charge in [-0.3, -0.25) is 4.72 Å². The molecule has 1 aromatic carbocycles. The number of nitrogens with one attached hydrogen (secondary N) is 1. The molecular formula is C9H14N2O3S. The number of benzene rings is 1. The quantitative estimate of drug-likeness (QED) is 0.646. The lowest BCUT2D eigenvalue weighted by atomic mass is 10.1. The normalized spacial score (nSPS) is 15.7. The van der Waals surface area contributed by atoms with Crippen LogP contribution in [-0.2, 0) is 15.7 Å². The van der Waals surface area contributed by atoms with E-state index >= 15 is 0 Å². The van der Waals surface area contributed by atoms with Crippen LogP contribution in [0.25, 0.3) is 0 Å². The van der Waals surface area contributed by atoms with E-state index < -0.39 is 15.7 Å². The summed E-state index contributed by atoms with van der Waals surface area (Å²) >= 11 is 0. The van der Waals surface area contributed by atoms with Gasteiger partial charge in [-0.25, -0.2) is 8.42 Å². The van der Waals surface area contributed by atoms with Gasteiger partial charge in [-0.2, -0.15) is 0 Å². The summed E-state index contributed by atoms with van der Waals surface area (Å²) in [4.78, 5) is 0. The molecule has 84 valence electrons. The average Bonchev–Trinajstić information content (AvgIpc) is 2.00. The number of hydrogen-bond donors (Lipinski definition) is 3. The van der Waals surface area contributed by atoms with E-state index in [1.54, 1.807) is 12.1 Å². The van der Waals surface area contributed by atoms with Gasteiger partial charge in [0.25, 0.3) is 0 Å². The zero-order valence-corrected chi connectivity index (χ0v) is 9.38. The first-order valence-corrected chi connectivity index (χ1v) is 6.17. The summed E-state index contributed by atoms with van der Waals surface area (Å²) in [5.74, 6) is 0. The largest absolute Gasteiger partial charge is 0.372 e. The molecule has 1 rings (SSSR count). The van der Waals surface area contributed by atoms with Crippen LogP contribution < -0.4 is 10.5 Å². The molecule has 5 nitrogen and oxygen atoms in total. The van der Waals surface area contributed by atoms with Crippen molar-refractivity contribution in [2.75, 3.05) is 11.0 Å². The van der Waals surface area contributed by atoms with Crippen molar-refractivity contribution in [3.63, 3.8) is 0 Å². The summed E-state index contributed by atoms with van der Waals surface area (Å²) in [6, 6.07) is 6.20. The van der Waals surface area contributed by atoms with Crippen LogP contribution in [0.4, 0.5) is 5.69 Å². The lowest BCUT2D eigenvalue weighted by Crippen LogP contribution is -2.32. The molecule has 0 heterocycles. The SMILES string of the molecule is CC(N)(O)c1ccc(NS(C)(=O)=O)cc1. The van der Waals surface area contributed by atoms with E-state index in [0.29, 0.717) is 11.3 Å². The monoisotopic (exact) mass is 230 g/mol. The number of hydrogen-bond acceptors (Lipinski definition) is 4. The molecule has 0 spiro atoms. The van der Waals surface area contributed by atoms with Gasteiger partial charge in [-0.15, -0.1) is 0 Å². The zero-order valence-electron chi connectivity index (χ0n) is 8.56. The van der Waals surface area contributed by atoms with Gasteiger partial charge in [0.05, 0.1) is 6.26 Å². The van der Waals surface area contributed by atoms with Gasteiger partial charge < -0.3 is 10.8 Å². The van der Waals surface area contributed by atoms with Crippen LogP contribution in [0.3, 0.4) is 0 Å². The molecule has 0 aromatic heterocycles. The molecule has 0 aliphatic heterocycles. The topological polar surface area (TPSA) is 92.4 Å². The molecule has 1 atom stereocenters. The lowest BCUT2D eigenvalue weighted by molar-refractivity contribution is 0.0647. The zero-order chi connectivity index (χ0) is 11.7. The Morgan fingerprint density at radius 1 is 1.33 bits per heavy atom. The van der Waals surface area contributed by atoms with Crippen LogP contribution in [0.15, 0.2) is 24.3 Å². The second-order valence-corrected chi connectivity index (χ2v) is 5.35. The number of nitrogens with two attached hydrogens (primary N) is 1. The van der Waals surface area contributed by atoms with Gasteiger partial charge in [0.15, 0.2) is 0 Å². The smallest absolute Gasteiger partial charge is 0.229 e. The first kappa shape index (κ1) is 12.0. The van der Waals surface area contributed by atoms with Crippen molar-refractivity contribution in [3.05, 3.63) is 29.8 Å². The summed E-state index contributed by atoms with van der Waals surface area (Å²) in [5, 5.41) is 9.45. The molecule has 0 bridgehead atoms. The van der Waals surface area contributed by atoms with Crippen LogP contribution in [0.2, 0.25) is 0 Å². The molecule has 4 N–H and O–H groups in total. The minimum atomic E-state index is -3.27. The van der Waals surface area contributed by atoms with Crippen LogP contribution >= 0.6 is 0 Å². The maximum Gasteiger partial charge on any atom is 0.229 e. The van der Waals surface area contributed by atoms with Crippen molar-refractivity contribution in [3.8, 4) is 0 Å². The highest BCUT2D eigenvalue weighted by Gasteiger charge is 2.15. The van der Waals surface area contributed by atoms with Crippen LogP contribution in [0.1, 0.15) is 12.5 Å².